The Kier molecular flexibility index (Phi) is 8.72. The van der Waals surface area contributed by atoms with E-state index >= 15 is 0 Å². The van der Waals surface area contributed by atoms with Crippen molar-refractivity contribution in [1.82, 2.24) is 0 Å². The third kappa shape index (κ3) is 5.54. The summed E-state index contributed by atoms with van der Waals surface area (Å²) in [5.41, 5.74) is 12.7. The summed E-state index contributed by atoms with van der Waals surface area (Å²) in [6, 6.07) is 22.6. The van der Waals surface area contributed by atoms with Gasteiger partial charge in [-0.05, 0) is 103 Å². The van der Waals surface area contributed by atoms with E-state index in [-0.39, 0.29) is 5.41 Å². The van der Waals surface area contributed by atoms with Crippen molar-refractivity contribution in [2.24, 2.45) is 0 Å². The second-order valence-electron chi connectivity index (χ2n) is 10.6. The first-order valence-electron chi connectivity index (χ1n) is 13.9. The predicted molar refractivity (Wildman–Crippen MR) is 173 cm³/mol. The number of fused-ring (bicyclic) bond motifs is 3. The minimum absolute atomic E-state index is 0.00987. The first-order chi connectivity index (χ1) is 18.9. The summed E-state index contributed by atoms with van der Waals surface area (Å²) < 4.78 is 0. The summed E-state index contributed by atoms with van der Waals surface area (Å²) in [7, 11) is 0. The minimum atomic E-state index is 0.00987. The second-order valence-corrected chi connectivity index (χ2v) is 10.6. The highest BCUT2D eigenvalue weighted by atomic mass is 15.1. The Morgan fingerprint density at radius 3 is 2.28 bits per heavy atom. The van der Waals surface area contributed by atoms with Gasteiger partial charge in [-0.1, -0.05) is 106 Å². The molecule has 0 N–H and O–H groups in total. The quantitative estimate of drug-likeness (QED) is 0.297. The zero-order valence-electron chi connectivity index (χ0n) is 24.2. The largest absolute Gasteiger partial charge is 0.311 e. The van der Waals surface area contributed by atoms with Crippen molar-refractivity contribution in [3.8, 4) is 11.1 Å². The molecule has 0 saturated heterocycles. The number of aryl methyl sites for hydroxylation is 1. The molecule has 2 aliphatic rings. The number of hydrogen-bond donors (Lipinski definition) is 0. The van der Waals surface area contributed by atoms with Gasteiger partial charge in [0.1, 0.15) is 0 Å². The van der Waals surface area contributed by atoms with Crippen molar-refractivity contribution in [3.63, 3.8) is 0 Å². The van der Waals surface area contributed by atoms with Crippen LogP contribution >= 0.6 is 0 Å². The molecule has 0 radical (unpaired) electrons. The summed E-state index contributed by atoms with van der Waals surface area (Å²) in [6.07, 6.45) is 18.8. The molecule has 0 spiro atoms. The Hall–Kier alpha value is -4.10. The highest BCUT2D eigenvalue weighted by Gasteiger charge is 2.35. The molecule has 3 aromatic carbocycles. The lowest BCUT2D eigenvalue weighted by Crippen LogP contribution is -2.17. The fourth-order valence-electron chi connectivity index (χ4n) is 5.66. The van der Waals surface area contributed by atoms with Crippen LogP contribution in [0, 0.1) is 6.92 Å². The van der Waals surface area contributed by atoms with Crippen LogP contribution in [0.25, 0.3) is 16.7 Å². The van der Waals surface area contributed by atoms with Crippen LogP contribution in [0.1, 0.15) is 62.8 Å². The van der Waals surface area contributed by atoms with Crippen LogP contribution in [0.2, 0.25) is 0 Å². The van der Waals surface area contributed by atoms with E-state index < -0.39 is 0 Å². The van der Waals surface area contributed by atoms with Crippen LogP contribution in [0.15, 0.2) is 128 Å². The third-order valence-electron chi connectivity index (χ3n) is 7.68. The Morgan fingerprint density at radius 2 is 1.67 bits per heavy atom. The van der Waals surface area contributed by atoms with Crippen molar-refractivity contribution in [1.29, 1.82) is 0 Å². The van der Waals surface area contributed by atoms with E-state index in [1.165, 1.54) is 44.6 Å². The number of rotatable bonds is 6. The average molecular weight is 512 g/mol. The van der Waals surface area contributed by atoms with Crippen molar-refractivity contribution in [2.75, 3.05) is 4.90 Å². The molecule has 1 heteroatoms. The Bertz CT molecular complexity index is 1490. The van der Waals surface area contributed by atoms with Gasteiger partial charge in [-0.15, -0.1) is 0 Å². The molecule has 0 amide bonds. The zero-order chi connectivity index (χ0) is 28.0. The Balaban J connectivity index is 0.000000648. The standard InChI is InChI=1S/C33H33N.C5H8/c1-6-26(7-2)34(32-20-17-25(21-23(32)3)24-13-9-8-10-14-24)27-18-19-31-29(22-27)28-15-11-12-16-30(28)33(31,4)5;1-3-5-4-2/h6-7,9,11-22H,1,8,10H2,2-5H3;3-5H,1H2,2H3/b26-7+;5-4-. The molecule has 5 rings (SSSR count). The van der Waals surface area contributed by atoms with Crippen LogP contribution in [0.5, 0.6) is 0 Å². The fourth-order valence-corrected chi connectivity index (χ4v) is 5.66. The molecule has 0 saturated carbocycles. The van der Waals surface area contributed by atoms with Gasteiger partial charge < -0.3 is 4.90 Å². The van der Waals surface area contributed by atoms with Crippen molar-refractivity contribution in [2.45, 2.75) is 52.9 Å². The summed E-state index contributed by atoms with van der Waals surface area (Å²) >= 11 is 0. The van der Waals surface area contributed by atoms with Gasteiger partial charge in [0.2, 0.25) is 0 Å². The van der Waals surface area contributed by atoms with Gasteiger partial charge in [0.15, 0.2) is 0 Å². The topological polar surface area (TPSA) is 3.24 Å². The molecule has 0 unspecified atom stereocenters. The maximum atomic E-state index is 4.13. The van der Waals surface area contributed by atoms with Gasteiger partial charge in [-0.3, -0.25) is 0 Å². The summed E-state index contributed by atoms with van der Waals surface area (Å²) in [6.45, 7) is 18.5. The lowest BCUT2D eigenvalue weighted by molar-refractivity contribution is 0.660. The Morgan fingerprint density at radius 1 is 0.897 bits per heavy atom. The lowest BCUT2D eigenvalue weighted by Gasteiger charge is -2.29. The smallest absolute Gasteiger partial charge is 0.0491 e. The molecule has 39 heavy (non-hydrogen) atoms. The lowest BCUT2D eigenvalue weighted by atomic mass is 9.82. The number of nitrogens with zero attached hydrogens (tertiary/aromatic N) is 1. The van der Waals surface area contributed by atoms with Crippen molar-refractivity contribution in [3.05, 3.63) is 150 Å². The summed E-state index contributed by atoms with van der Waals surface area (Å²) in [5, 5.41) is 0. The first kappa shape index (κ1) is 27.9. The summed E-state index contributed by atoms with van der Waals surface area (Å²) in [4.78, 5) is 2.34. The monoisotopic (exact) mass is 511 g/mol. The zero-order valence-corrected chi connectivity index (χ0v) is 24.2. The van der Waals surface area contributed by atoms with E-state index in [1.807, 2.05) is 25.2 Å². The molecular weight excluding hydrogens is 470 g/mol. The van der Waals surface area contributed by atoms with Crippen LogP contribution in [-0.2, 0) is 5.41 Å². The molecular formula is C38H41N. The molecule has 1 nitrogen and oxygen atoms in total. The maximum Gasteiger partial charge on any atom is 0.0491 e. The molecule has 0 aliphatic heterocycles. The maximum absolute atomic E-state index is 4.13. The van der Waals surface area contributed by atoms with Gasteiger partial charge in [-0.25, -0.2) is 0 Å². The normalized spacial score (nSPS) is 15.1. The van der Waals surface area contributed by atoms with E-state index in [4.69, 9.17) is 0 Å². The first-order valence-corrected chi connectivity index (χ1v) is 13.9. The van der Waals surface area contributed by atoms with Crippen molar-refractivity contribution >= 4 is 16.9 Å². The molecule has 0 atom stereocenters. The highest BCUT2D eigenvalue weighted by molar-refractivity contribution is 5.86. The molecule has 3 aromatic rings. The molecule has 2 aliphatic carbocycles. The van der Waals surface area contributed by atoms with Crippen LogP contribution < -0.4 is 4.90 Å². The fraction of sp³-hybridized carbons (Fsp3) is 0.211. The molecule has 0 heterocycles. The van der Waals surface area contributed by atoms with E-state index in [2.05, 4.69) is 131 Å². The molecule has 198 valence electrons. The van der Waals surface area contributed by atoms with Crippen LogP contribution in [0.3, 0.4) is 0 Å². The van der Waals surface area contributed by atoms with E-state index in [0.29, 0.717) is 0 Å². The SMILES string of the molecule is C=C/C(=C\C)N(c1ccc2c(c1)-c1ccccc1C2(C)C)c1ccc(C2=CCCC=C2)cc1C.C=C/C=C\C. The predicted octanol–water partition coefficient (Wildman–Crippen LogP) is 11.0. The summed E-state index contributed by atoms with van der Waals surface area (Å²) in [5.74, 6) is 0. The van der Waals surface area contributed by atoms with E-state index in [1.54, 1.807) is 6.08 Å². The molecule has 0 bridgehead atoms. The molecule has 0 fully saturated rings. The number of hydrogen-bond acceptors (Lipinski definition) is 1. The average Bonchev–Trinajstić information content (AvgIpc) is 3.19. The van der Waals surface area contributed by atoms with E-state index in [0.717, 1.165) is 24.2 Å². The second kappa shape index (κ2) is 12.2. The Labute approximate surface area is 235 Å². The van der Waals surface area contributed by atoms with Gasteiger partial charge in [0.05, 0.1) is 0 Å². The number of allylic oxidation sites excluding steroid dienone is 9. The van der Waals surface area contributed by atoms with E-state index in [9.17, 15) is 0 Å². The number of anilines is 2. The number of benzene rings is 3. The van der Waals surface area contributed by atoms with Gasteiger partial charge >= 0.3 is 0 Å². The van der Waals surface area contributed by atoms with Gasteiger partial charge in [-0.2, -0.15) is 0 Å². The van der Waals surface area contributed by atoms with Gasteiger partial charge in [0.25, 0.3) is 0 Å². The minimum Gasteiger partial charge on any atom is -0.311 e. The molecule has 0 aromatic heterocycles. The highest BCUT2D eigenvalue weighted by Crippen LogP contribution is 2.50. The van der Waals surface area contributed by atoms with Crippen LogP contribution in [0.4, 0.5) is 11.4 Å². The third-order valence-corrected chi connectivity index (χ3v) is 7.68. The van der Waals surface area contributed by atoms with Gasteiger partial charge in [0, 0.05) is 22.5 Å². The van der Waals surface area contributed by atoms with Crippen LogP contribution in [-0.4, -0.2) is 0 Å². The van der Waals surface area contributed by atoms with Crippen molar-refractivity contribution < 1.29 is 0 Å².